The van der Waals surface area contributed by atoms with Gasteiger partial charge >= 0.3 is 0 Å². The highest BCUT2D eigenvalue weighted by Gasteiger charge is 2.37. The molecule has 2 fully saturated rings. The van der Waals surface area contributed by atoms with Gasteiger partial charge in [0.1, 0.15) is 11.6 Å². The molecule has 0 aromatic carbocycles. The zero-order valence-corrected chi connectivity index (χ0v) is 12.9. The molecule has 1 aromatic rings. The minimum atomic E-state index is -0.230. The average Bonchev–Trinajstić information content (AvgIpc) is 2.92. The summed E-state index contributed by atoms with van der Waals surface area (Å²) in [6.45, 7) is 4.89. The Bertz CT molecular complexity index is 477. The monoisotopic (exact) mass is 291 g/mol. The zero-order valence-electron chi connectivity index (χ0n) is 12.9. The van der Waals surface area contributed by atoms with Gasteiger partial charge in [-0.05, 0) is 44.2 Å². The van der Waals surface area contributed by atoms with Crippen molar-refractivity contribution in [2.45, 2.75) is 58.0 Å². The SMILES string of the molecule is CCCNCc1cc(F)cnc1N1CCC2CCCCC21. The van der Waals surface area contributed by atoms with Gasteiger partial charge < -0.3 is 10.2 Å². The number of nitrogens with one attached hydrogen (secondary N) is 1. The fraction of sp³-hybridized carbons (Fsp3) is 0.706. The molecule has 1 aromatic heterocycles. The molecule has 0 radical (unpaired) electrons. The van der Waals surface area contributed by atoms with Gasteiger partial charge in [0.25, 0.3) is 0 Å². The lowest BCUT2D eigenvalue weighted by Gasteiger charge is -2.33. The number of pyridine rings is 1. The van der Waals surface area contributed by atoms with Crippen molar-refractivity contribution in [3.05, 3.63) is 23.6 Å². The van der Waals surface area contributed by atoms with Gasteiger partial charge in [-0.1, -0.05) is 19.8 Å². The predicted octanol–water partition coefficient (Wildman–Crippen LogP) is 3.49. The summed E-state index contributed by atoms with van der Waals surface area (Å²) >= 11 is 0. The second kappa shape index (κ2) is 6.73. The third kappa shape index (κ3) is 3.20. The first-order valence-electron chi connectivity index (χ1n) is 8.41. The first kappa shape index (κ1) is 14.8. The third-order valence-electron chi connectivity index (χ3n) is 4.93. The normalized spacial score (nSPS) is 25.1. The second-order valence-electron chi connectivity index (χ2n) is 6.41. The molecule has 3 rings (SSSR count). The van der Waals surface area contributed by atoms with E-state index >= 15 is 0 Å². The van der Waals surface area contributed by atoms with Crippen molar-refractivity contribution in [1.82, 2.24) is 10.3 Å². The fourth-order valence-electron chi connectivity index (χ4n) is 3.93. The highest BCUT2D eigenvalue weighted by Crippen LogP contribution is 2.39. The molecular weight excluding hydrogens is 265 g/mol. The quantitative estimate of drug-likeness (QED) is 0.842. The summed E-state index contributed by atoms with van der Waals surface area (Å²) in [5.41, 5.74) is 1.01. The van der Waals surface area contributed by atoms with Crippen LogP contribution in [0.5, 0.6) is 0 Å². The lowest BCUT2D eigenvalue weighted by molar-refractivity contribution is 0.341. The van der Waals surface area contributed by atoms with Crippen LogP contribution >= 0.6 is 0 Å². The molecule has 2 atom stereocenters. The Morgan fingerprint density at radius 3 is 3.05 bits per heavy atom. The number of rotatable bonds is 5. The van der Waals surface area contributed by atoms with E-state index in [4.69, 9.17) is 0 Å². The van der Waals surface area contributed by atoms with E-state index in [-0.39, 0.29) is 5.82 Å². The Kier molecular flexibility index (Phi) is 4.73. The lowest BCUT2D eigenvalue weighted by atomic mass is 9.85. The van der Waals surface area contributed by atoms with Gasteiger partial charge in [-0.15, -0.1) is 0 Å². The van der Waals surface area contributed by atoms with Crippen LogP contribution in [0.2, 0.25) is 0 Å². The number of anilines is 1. The molecule has 0 spiro atoms. The molecule has 21 heavy (non-hydrogen) atoms. The topological polar surface area (TPSA) is 28.2 Å². The van der Waals surface area contributed by atoms with Crippen LogP contribution < -0.4 is 10.2 Å². The highest BCUT2D eigenvalue weighted by atomic mass is 19.1. The number of fused-ring (bicyclic) bond motifs is 1. The molecule has 2 unspecified atom stereocenters. The highest BCUT2D eigenvalue weighted by molar-refractivity contribution is 5.49. The van der Waals surface area contributed by atoms with Gasteiger partial charge in [0.05, 0.1) is 6.20 Å². The van der Waals surface area contributed by atoms with Crippen LogP contribution in [0.25, 0.3) is 0 Å². The first-order chi connectivity index (χ1) is 10.3. The van der Waals surface area contributed by atoms with Gasteiger partial charge in [-0.3, -0.25) is 0 Å². The Morgan fingerprint density at radius 1 is 1.33 bits per heavy atom. The van der Waals surface area contributed by atoms with Crippen LogP contribution in [0.1, 0.15) is 51.0 Å². The fourth-order valence-corrected chi connectivity index (χ4v) is 3.93. The summed E-state index contributed by atoms with van der Waals surface area (Å²) in [5, 5.41) is 3.38. The lowest BCUT2D eigenvalue weighted by Crippen LogP contribution is -2.36. The molecule has 1 aliphatic carbocycles. The summed E-state index contributed by atoms with van der Waals surface area (Å²) < 4.78 is 13.6. The number of aromatic nitrogens is 1. The van der Waals surface area contributed by atoms with Gasteiger partial charge in [0.2, 0.25) is 0 Å². The van der Waals surface area contributed by atoms with Crippen molar-refractivity contribution in [2.75, 3.05) is 18.0 Å². The summed E-state index contributed by atoms with van der Waals surface area (Å²) in [4.78, 5) is 6.89. The maximum absolute atomic E-state index is 13.6. The minimum absolute atomic E-state index is 0.230. The van der Waals surface area contributed by atoms with Gasteiger partial charge in [-0.25, -0.2) is 9.37 Å². The van der Waals surface area contributed by atoms with Crippen LogP contribution in [0.4, 0.5) is 10.2 Å². The number of halogens is 1. The molecule has 0 amide bonds. The Morgan fingerprint density at radius 2 is 2.19 bits per heavy atom. The smallest absolute Gasteiger partial charge is 0.141 e. The van der Waals surface area contributed by atoms with Gasteiger partial charge in [0.15, 0.2) is 0 Å². The Labute approximate surface area is 126 Å². The first-order valence-corrected chi connectivity index (χ1v) is 8.41. The predicted molar refractivity (Wildman–Crippen MR) is 83.9 cm³/mol. The maximum atomic E-state index is 13.6. The molecule has 0 bridgehead atoms. The van der Waals surface area contributed by atoms with Crippen LogP contribution in [-0.4, -0.2) is 24.1 Å². The van der Waals surface area contributed by atoms with Crippen LogP contribution in [0.3, 0.4) is 0 Å². The van der Waals surface area contributed by atoms with Crippen molar-refractivity contribution >= 4 is 5.82 Å². The summed E-state index contributed by atoms with van der Waals surface area (Å²) in [5.74, 6) is 1.60. The molecule has 2 heterocycles. The van der Waals surface area contributed by atoms with E-state index in [1.165, 1.54) is 38.3 Å². The van der Waals surface area contributed by atoms with Crippen molar-refractivity contribution in [3.63, 3.8) is 0 Å². The molecule has 4 heteroatoms. The second-order valence-corrected chi connectivity index (χ2v) is 6.41. The van der Waals surface area contributed by atoms with Crippen LogP contribution in [0.15, 0.2) is 12.3 Å². The molecular formula is C17H26FN3. The van der Waals surface area contributed by atoms with E-state index in [1.54, 1.807) is 6.07 Å². The zero-order chi connectivity index (χ0) is 14.7. The molecule has 2 aliphatic rings. The van der Waals surface area contributed by atoms with Crippen molar-refractivity contribution in [1.29, 1.82) is 0 Å². The molecule has 1 saturated heterocycles. The standard InChI is InChI=1S/C17H26FN3/c1-2-8-19-11-14-10-15(18)12-20-17(14)21-9-7-13-5-3-4-6-16(13)21/h10,12-13,16,19H,2-9,11H2,1H3. The molecule has 116 valence electrons. The molecule has 1 aliphatic heterocycles. The van der Waals surface area contributed by atoms with Crippen molar-refractivity contribution in [3.8, 4) is 0 Å². The summed E-state index contributed by atoms with van der Waals surface area (Å²) in [7, 11) is 0. The minimum Gasteiger partial charge on any atom is -0.353 e. The third-order valence-corrected chi connectivity index (χ3v) is 4.93. The van der Waals surface area contributed by atoms with Crippen molar-refractivity contribution in [2.24, 2.45) is 5.92 Å². The van der Waals surface area contributed by atoms with Crippen LogP contribution in [0, 0.1) is 11.7 Å². The number of hydrogen-bond donors (Lipinski definition) is 1. The molecule has 3 nitrogen and oxygen atoms in total. The van der Waals surface area contributed by atoms with E-state index < -0.39 is 0 Å². The number of hydrogen-bond acceptors (Lipinski definition) is 3. The summed E-state index contributed by atoms with van der Waals surface area (Å²) in [6, 6.07) is 2.28. The Hall–Kier alpha value is -1.16. The maximum Gasteiger partial charge on any atom is 0.141 e. The van der Waals surface area contributed by atoms with E-state index in [2.05, 4.69) is 22.1 Å². The van der Waals surface area contributed by atoms with E-state index in [0.29, 0.717) is 12.6 Å². The van der Waals surface area contributed by atoms with E-state index in [1.807, 2.05) is 0 Å². The summed E-state index contributed by atoms with van der Waals surface area (Å²) in [6.07, 6.45) is 9.04. The largest absolute Gasteiger partial charge is 0.353 e. The van der Waals surface area contributed by atoms with Crippen LogP contribution in [-0.2, 0) is 6.54 Å². The average molecular weight is 291 g/mol. The van der Waals surface area contributed by atoms with E-state index in [0.717, 1.165) is 36.8 Å². The molecule has 1 saturated carbocycles. The number of nitrogens with zero attached hydrogens (tertiary/aromatic N) is 2. The van der Waals surface area contributed by atoms with Gasteiger partial charge in [0, 0.05) is 24.7 Å². The van der Waals surface area contributed by atoms with Gasteiger partial charge in [-0.2, -0.15) is 0 Å². The molecule has 1 N–H and O–H groups in total. The Balaban J connectivity index is 1.80. The van der Waals surface area contributed by atoms with Crippen molar-refractivity contribution < 1.29 is 4.39 Å². The van der Waals surface area contributed by atoms with E-state index in [9.17, 15) is 4.39 Å².